The zero-order chi connectivity index (χ0) is 12.4. The van der Waals surface area contributed by atoms with Gasteiger partial charge < -0.3 is 10.4 Å². The molecular formula is C12H14ClF2NO2. The van der Waals surface area contributed by atoms with Crippen LogP contribution in [0.3, 0.4) is 0 Å². The van der Waals surface area contributed by atoms with Crippen LogP contribution in [-0.4, -0.2) is 17.6 Å². The fourth-order valence-electron chi connectivity index (χ4n) is 2.16. The normalized spacial score (nSPS) is 23.2. The fourth-order valence-corrected chi connectivity index (χ4v) is 2.16. The third-order valence-corrected chi connectivity index (χ3v) is 3.09. The topological polar surface area (TPSA) is 49.3 Å². The highest BCUT2D eigenvalue weighted by molar-refractivity contribution is 5.85. The zero-order valence-corrected chi connectivity index (χ0v) is 10.3. The van der Waals surface area contributed by atoms with Crippen LogP contribution >= 0.6 is 12.4 Å². The van der Waals surface area contributed by atoms with Gasteiger partial charge in [-0.3, -0.25) is 4.79 Å². The molecule has 1 aromatic rings. The van der Waals surface area contributed by atoms with Crippen molar-refractivity contribution in [3.8, 4) is 0 Å². The molecule has 0 radical (unpaired) electrons. The summed E-state index contributed by atoms with van der Waals surface area (Å²) in [7, 11) is 0. The van der Waals surface area contributed by atoms with E-state index in [-0.39, 0.29) is 18.4 Å². The lowest BCUT2D eigenvalue weighted by Crippen LogP contribution is -2.35. The van der Waals surface area contributed by atoms with E-state index in [9.17, 15) is 13.6 Å². The van der Waals surface area contributed by atoms with Crippen LogP contribution in [0.2, 0.25) is 0 Å². The second kappa shape index (κ2) is 6.11. The van der Waals surface area contributed by atoms with Gasteiger partial charge in [-0.2, -0.15) is 0 Å². The summed E-state index contributed by atoms with van der Waals surface area (Å²) in [4.78, 5) is 10.9. The number of carboxylic acid groups (broad SMARTS) is 1. The molecule has 0 bridgehead atoms. The first kappa shape index (κ1) is 14.9. The number of hydrogen-bond donors (Lipinski definition) is 2. The van der Waals surface area contributed by atoms with E-state index < -0.39 is 23.5 Å². The van der Waals surface area contributed by atoms with Crippen molar-refractivity contribution in [1.29, 1.82) is 0 Å². The molecule has 0 spiro atoms. The Hall–Kier alpha value is -1.20. The number of carbonyl (C=O) groups is 1. The van der Waals surface area contributed by atoms with Crippen LogP contribution in [-0.2, 0) is 4.79 Å². The standard InChI is InChI=1S/C12H13F2NO2.ClH/c13-8-1-2-9(10(14)6-8)11-5-7(12(16)17)3-4-15-11;/h1-2,6-7,11,15H,3-5H2,(H,16,17);1H. The van der Waals surface area contributed by atoms with Crippen LogP contribution in [0.5, 0.6) is 0 Å². The Bertz CT molecular complexity index is 442. The molecule has 1 aliphatic rings. The Morgan fingerprint density at radius 2 is 2.11 bits per heavy atom. The predicted molar refractivity (Wildman–Crippen MR) is 64.7 cm³/mol. The van der Waals surface area contributed by atoms with Crippen molar-refractivity contribution in [2.24, 2.45) is 5.92 Å². The van der Waals surface area contributed by atoms with E-state index in [4.69, 9.17) is 5.11 Å². The molecule has 0 saturated carbocycles. The minimum atomic E-state index is -0.862. The van der Waals surface area contributed by atoms with E-state index >= 15 is 0 Å². The van der Waals surface area contributed by atoms with Gasteiger partial charge in [-0.05, 0) is 25.5 Å². The molecule has 100 valence electrons. The summed E-state index contributed by atoms with van der Waals surface area (Å²) in [6, 6.07) is 3.02. The number of hydrogen-bond acceptors (Lipinski definition) is 2. The second-order valence-electron chi connectivity index (χ2n) is 4.23. The van der Waals surface area contributed by atoms with E-state index in [1.807, 2.05) is 0 Å². The first-order valence-electron chi connectivity index (χ1n) is 5.49. The lowest BCUT2D eigenvalue weighted by atomic mass is 9.88. The minimum absolute atomic E-state index is 0. The van der Waals surface area contributed by atoms with Crippen molar-refractivity contribution in [2.75, 3.05) is 6.54 Å². The Morgan fingerprint density at radius 3 is 2.72 bits per heavy atom. The predicted octanol–water partition coefficient (Wildman–Crippen LogP) is 2.51. The van der Waals surface area contributed by atoms with Crippen LogP contribution < -0.4 is 5.32 Å². The van der Waals surface area contributed by atoms with Crippen molar-refractivity contribution in [2.45, 2.75) is 18.9 Å². The Morgan fingerprint density at radius 1 is 1.39 bits per heavy atom. The smallest absolute Gasteiger partial charge is 0.306 e. The molecule has 3 nitrogen and oxygen atoms in total. The molecule has 18 heavy (non-hydrogen) atoms. The zero-order valence-electron chi connectivity index (χ0n) is 9.53. The highest BCUT2D eigenvalue weighted by Crippen LogP contribution is 2.29. The van der Waals surface area contributed by atoms with Gasteiger partial charge in [0, 0.05) is 17.7 Å². The molecule has 1 fully saturated rings. The van der Waals surface area contributed by atoms with Crippen LogP contribution in [0.1, 0.15) is 24.4 Å². The van der Waals surface area contributed by atoms with E-state index in [2.05, 4.69) is 5.32 Å². The van der Waals surface area contributed by atoms with E-state index in [0.717, 1.165) is 6.07 Å². The first-order valence-corrected chi connectivity index (χ1v) is 5.49. The lowest BCUT2D eigenvalue weighted by molar-refractivity contribution is -0.143. The molecular weight excluding hydrogens is 264 g/mol. The molecule has 0 aliphatic carbocycles. The van der Waals surface area contributed by atoms with Crippen molar-refractivity contribution < 1.29 is 18.7 Å². The van der Waals surface area contributed by atoms with Gasteiger partial charge in [-0.15, -0.1) is 12.4 Å². The number of carboxylic acids is 1. The van der Waals surface area contributed by atoms with Gasteiger partial charge in [0.05, 0.1) is 5.92 Å². The summed E-state index contributed by atoms with van der Waals surface area (Å²) in [5.74, 6) is -2.59. The van der Waals surface area contributed by atoms with Gasteiger partial charge >= 0.3 is 5.97 Å². The largest absolute Gasteiger partial charge is 0.481 e. The van der Waals surface area contributed by atoms with Gasteiger partial charge in [-0.25, -0.2) is 8.78 Å². The Kier molecular flexibility index (Phi) is 5.04. The first-order chi connectivity index (χ1) is 8.08. The quantitative estimate of drug-likeness (QED) is 0.873. The van der Waals surface area contributed by atoms with Gasteiger partial charge in [0.15, 0.2) is 0 Å². The fraction of sp³-hybridized carbons (Fsp3) is 0.417. The van der Waals surface area contributed by atoms with Crippen LogP contribution in [0, 0.1) is 17.6 Å². The number of rotatable bonds is 2. The monoisotopic (exact) mass is 277 g/mol. The van der Waals surface area contributed by atoms with Crippen molar-refractivity contribution in [1.82, 2.24) is 5.32 Å². The molecule has 0 aromatic heterocycles. The van der Waals surface area contributed by atoms with Crippen molar-refractivity contribution >= 4 is 18.4 Å². The number of halogens is 3. The number of nitrogens with one attached hydrogen (secondary N) is 1. The summed E-state index contributed by atoms with van der Waals surface area (Å²) in [5.41, 5.74) is 0.331. The maximum Gasteiger partial charge on any atom is 0.306 e. The Balaban J connectivity index is 0.00000162. The average molecular weight is 278 g/mol. The van der Waals surface area contributed by atoms with Gasteiger partial charge in [0.1, 0.15) is 11.6 Å². The molecule has 0 amide bonds. The van der Waals surface area contributed by atoms with Gasteiger partial charge in [0.25, 0.3) is 0 Å². The SMILES string of the molecule is Cl.O=C(O)C1CCNC(c2ccc(F)cc2F)C1. The summed E-state index contributed by atoms with van der Waals surface area (Å²) in [6.07, 6.45) is 0.868. The molecule has 2 unspecified atom stereocenters. The van der Waals surface area contributed by atoms with E-state index in [0.29, 0.717) is 24.9 Å². The summed E-state index contributed by atoms with van der Waals surface area (Å²) < 4.78 is 26.3. The Labute approximate surface area is 110 Å². The van der Waals surface area contributed by atoms with Crippen LogP contribution in [0.25, 0.3) is 0 Å². The summed E-state index contributed by atoms with van der Waals surface area (Å²) in [5, 5.41) is 12.0. The summed E-state index contributed by atoms with van der Waals surface area (Å²) in [6.45, 7) is 0.526. The van der Waals surface area contributed by atoms with Crippen molar-refractivity contribution in [3.05, 3.63) is 35.4 Å². The van der Waals surface area contributed by atoms with Crippen molar-refractivity contribution in [3.63, 3.8) is 0 Å². The van der Waals surface area contributed by atoms with E-state index in [1.165, 1.54) is 12.1 Å². The minimum Gasteiger partial charge on any atom is -0.481 e. The highest BCUT2D eigenvalue weighted by Gasteiger charge is 2.28. The van der Waals surface area contributed by atoms with Crippen LogP contribution in [0.4, 0.5) is 8.78 Å². The maximum atomic E-state index is 13.5. The average Bonchev–Trinajstić information content (AvgIpc) is 2.29. The van der Waals surface area contributed by atoms with Gasteiger partial charge in [0.2, 0.25) is 0 Å². The molecule has 2 atom stereocenters. The molecule has 1 heterocycles. The number of aliphatic carboxylic acids is 1. The third-order valence-electron chi connectivity index (χ3n) is 3.09. The molecule has 2 rings (SSSR count). The van der Waals surface area contributed by atoms with Crippen LogP contribution in [0.15, 0.2) is 18.2 Å². The third kappa shape index (κ3) is 3.17. The second-order valence-corrected chi connectivity index (χ2v) is 4.23. The number of benzene rings is 1. The van der Waals surface area contributed by atoms with Gasteiger partial charge in [-0.1, -0.05) is 6.07 Å². The molecule has 1 aromatic carbocycles. The molecule has 1 aliphatic heterocycles. The van der Waals surface area contributed by atoms with E-state index in [1.54, 1.807) is 0 Å². The maximum absolute atomic E-state index is 13.5. The number of piperidine rings is 1. The lowest BCUT2D eigenvalue weighted by Gasteiger charge is -2.28. The molecule has 2 N–H and O–H groups in total. The molecule has 1 saturated heterocycles. The summed E-state index contributed by atoms with van der Waals surface area (Å²) >= 11 is 0. The molecule has 6 heteroatoms. The highest BCUT2D eigenvalue weighted by atomic mass is 35.5.